The van der Waals surface area contributed by atoms with Gasteiger partial charge in [0.1, 0.15) is 11.4 Å². The van der Waals surface area contributed by atoms with Gasteiger partial charge in [0.05, 0.1) is 0 Å². The molecule has 0 saturated heterocycles. The third-order valence-corrected chi connectivity index (χ3v) is 3.52. The highest BCUT2D eigenvalue weighted by Crippen LogP contribution is 2.27. The van der Waals surface area contributed by atoms with Crippen LogP contribution in [0, 0.1) is 5.41 Å². The van der Waals surface area contributed by atoms with Crippen LogP contribution in [0.25, 0.3) is 0 Å². The summed E-state index contributed by atoms with van der Waals surface area (Å²) in [5, 5.41) is 14.3. The second-order valence-corrected chi connectivity index (χ2v) is 5.09. The highest BCUT2D eigenvalue weighted by molar-refractivity contribution is 6.28. The fraction of sp³-hybridized carbons (Fsp3) is 0.615. The van der Waals surface area contributed by atoms with E-state index in [0.717, 1.165) is 25.1 Å². The first-order valence-corrected chi connectivity index (χ1v) is 7.20. The topological polar surface area (TPSA) is 73.7 Å². The predicted molar refractivity (Wildman–Crippen MR) is 79.6 cm³/mol. The average Bonchev–Trinajstić information content (AvgIpc) is 2.42. The van der Waals surface area contributed by atoms with E-state index in [0.29, 0.717) is 17.6 Å². The maximum Gasteiger partial charge on any atom is 0.225 e. The Balaban J connectivity index is 2.25. The van der Waals surface area contributed by atoms with Gasteiger partial charge in [-0.2, -0.15) is 4.98 Å². The van der Waals surface area contributed by atoms with Gasteiger partial charge in [-0.15, -0.1) is 0 Å². The van der Waals surface area contributed by atoms with Gasteiger partial charge in [-0.1, -0.05) is 19.3 Å². The molecule has 1 saturated carbocycles. The second kappa shape index (κ2) is 6.70. The van der Waals surface area contributed by atoms with Crippen LogP contribution in [0.2, 0.25) is 5.28 Å². The molecule has 1 aromatic rings. The van der Waals surface area contributed by atoms with Gasteiger partial charge in [0.25, 0.3) is 0 Å². The maximum atomic E-state index is 7.43. The van der Waals surface area contributed by atoms with Crippen LogP contribution in [0.4, 0.5) is 11.5 Å². The summed E-state index contributed by atoms with van der Waals surface area (Å²) in [5.41, 5.74) is 1.30. The minimum atomic E-state index is 0.179. The molecule has 2 rings (SSSR count). The quantitative estimate of drug-likeness (QED) is 0.572. The highest BCUT2D eigenvalue weighted by atomic mass is 35.5. The van der Waals surface area contributed by atoms with E-state index in [-0.39, 0.29) is 5.28 Å². The number of hydrogen-bond donors (Lipinski definition) is 3. The number of halogens is 1. The monoisotopic (exact) mass is 281 g/mol. The fourth-order valence-electron chi connectivity index (χ4n) is 2.45. The van der Waals surface area contributed by atoms with Crippen molar-refractivity contribution in [1.29, 1.82) is 5.41 Å². The van der Waals surface area contributed by atoms with Crippen LogP contribution < -0.4 is 10.6 Å². The van der Waals surface area contributed by atoms with Crippen LogP contribution in [-0.4, -0.2) is 28.8 Å². The van der Waals surface area contributed by atoms with E-state index in [1.54, 1.807) is 0 Å². The lowest BCUT2D eigenvalue weighted by Crippen LogP contribution is -2.24. The van der Waals surface area contributed by atoms with Gasteiger partial charge < -0.3 is 16.0 Å². The zero-order chi connectivity index (χ0) is 13.7. The van der Waals surface area contributed by atoms with E-state index < -0.39 is 0 Å². The molecule has 0 aliphatic heterocycles. The van der Waals surface area contributed by atoms with Crippen LogP contribution >= 0.6 is 11.6 Å². The third-order valence-electron chi connectivity index (χ3n) is 3.35. The normalized spacial score (nSPS) is 16.1. The van der Waals surface area contributed by atoms with Gasteiger partial charge in [0.2, 0.25) is 5.28 Å². The van der Waals surface area contributed by atoms with Crippen molar-refractivity contribution in [1.82, 2.24) is 9.97 Å². The molecule has 0 radical (unpaired) electrons. The summed E-state index contributed by atoms with van der Waals surface area (Å²) >= 11 is 5.93. The molecule has 1 fully saturated rings. The van der Waals surface area contributed by atoms with Gasteiger partial charge in [-0.25, -0.2) is 4.98 Å². The van der Waals surface area contributed by atoms with E-state index in [1.807, 2.05) is 6.92 Å². The van der Waals surface area contributed by atoms with Crippen molar-refractivity contribution < 1.29 is 0 Å². The van der Waals surface area contributed by atoms with E-state index in [2.05, 4.69) is 20.6 Å². The van der Waals surface area contributed by atoms with Crippen LogP contribution in [0.5, 0.6) is 0 Å². The molecular formula is C13H20ClN5. The zero-order valence-electron chi connectivity index (χ0n) is 11.2. The molecular weight excluding hydrogens is 262 g/mol. The lowest BCUT2D eigenvalue weighted by Gasteiger charge is -2.25. The van der Waals surface area contributed by atoms with Crippen molar-refractivity contribution >= 4 is 29.3 Å². The Labute approximate surface area is 118 Å². The van der Waals surface area contributed by atoms with Crippen molar-refractivity contribution in [3.63, 3.8) is 0 Å². The van der Waals surface area contributed by atoms with E-state index >= 15 is 0 Å². The molecule has 0 bridgehead atoms. The molecule has 1 aliphatic rings. The van der Waals surface area contributed by atoms with Gasteiger partial charge >= 0.3 is 0 Å². The number of nitrogens with zero attached hydrogens (tertiary/aromatic N) is 2. The number of hydrogen-bond acceptors (Lipinski definition) is 5. The van der Waals surface area contributed by atoms with E-state index in [9.17, 15) is 0 Å². The Morgan fingerprint density at radius 1 is 1.32 bits per heavy atom. The zero-order valence-corrected chi connectivity index (χ0v) is 11.9. The summed E-state index contributed by atoms with van der Waals surface area (Å²) in [6.45, 7) is 2.76. The molecule has 104 valence electrons. The van der Waals surface area contributed by atoms with Crippen LogP contribution in [0.1, 0.15) is 44.7 Å². The standard InChI is InChI=1S/C13H20ClN5/c1-2-16-11-10(8-15)18-13(14)19-12(11)17-9-6-4-3-5-7-9/h8-9,15-16H,2-7H2,1H3,(H,17,18,19). The summed E-state index contributed by atoms with van der Waals surface area (Å²) in [7, 11) is 0. The summed E-state index contributed by atoms with van der Waals surface area (Å²) in [5.74, 6) is 0.715. The van der Waals surface area contributed by atoms with Crippen molar-refractivity contribution in [2.45, 2.75) is 45.1 Å². The summed E-state index contributed by atoms with van der Waals surface area (Å²) in [6.07, 6.45) is 7.35. The summed E-state index contributed by atoms with van der Waals surface area (Å²) < 4.78 is 0. The highest BCUT2D eigenvalue weighted by Gasteiger charge is 2.18. The summed E-state index contributed by atoms with van der Waals surface area (Å²) in [6, 6.07) is 0.440. The van der Waals surface area contributed by atoms with Gasteiger partial charge in [0, 0.05) is 18.8 Å². The van der Waals surface area contributed by atoms with E-state index in [1.165, 1.54) is 25.5 Å². The lowest BCUT2D eigenvalue weighted by atomic mass is 9.95. The molecule has 1 aromatic heterocycles. The molecule has 0 spiro atoms. The lowest BCUT2D eigenvalue weighted by molar-refractivity contribution is 0.462. The number of anilines is 2. The van der Waals surface area contributed by atoms with Crippen LogP contribution in [-0.2, 0) is 0 Å². The van der Waals surface area contributed by atoms with Gasteiger partial charge in [-0.3, -0.25) is 0 Å². The Bertz CT molecular complexity index is 443. The van der Waals surface area contributed by atoms with Crippen molar-refractivity contribution in [3.8, 4) is 0 Å². The SMILES string of the molecule is CCNc1c(C=N)nc(Cl)nc1NC1CCCCC1. The molecule has 6 heteroatoms. The average molecular weight is 282 g/mol. The molecule has 0 aromatic carbocycles. The fourth-order valence-corrected chi connectivity index (χ4v) is 2.63. The smallest absolute Gasteiger partial charge is 0.225 e. The van der Waals surface area contributed by atoms with Gasteiger partial charge in [0.15, 0.2) is 5.82 Å². The summed E-state index contributed by atoms with van der Waals surface area (Å²) in [4.78, 5) is 8.34. The Morgan fingerprint density at radius 3 is 2.68 bits per heavy atom. The Morgan fingerprint density at radius 2 is 2.05 bits per heavy atom. The number of aromatic nitrogens is 2. The first-order chi connectivity index (χ1) is 9.24. The van der Waals surface area contributed by atoms with Crippen LogP contribution in [0.15, 0.2) is 0 Å². The number of nitrogens with one attached hydrogen (secondary N) is 3. The first kappa shape index (κ1) is 14.1. The molecule has 0 unspecified atom stereocenters. The predicted octanol–water partition coefficient (Wildman–Crippen LogP) is 3.30. The molecule has 19 heavy (non-hydrogen) atoms. The first-order valence-electron chi connectivity index (χ1n) is 6.83. The minimum Gasteiger partial charge on any atom is -0.381 e. The maximum absolute atomic E-state index is 7.43. The van der Waals surface area contributed by atoms with Crippen LogP contribution in [0.3, 0.4) is 0 Å². The molecule has 0 atom stereocenters. The Kier molecular flexibility index (Phi) is 4.96. The van der Waals surface area contributed by atoms with E-state index in [4.69, 9.17) is 17.0 Å². The van der Waals surface area contributed by atoms with Crippen molar-refractivity contribution in [2.75, 3.05) is 17.2 Å². The van der Waals surface area contributed by atoms with Crippen molar-refractivity contribution in [2.24, 2.45) is 0 Å². The Hall–Kier alpha value is -1.36. The molecule has 0 amide bonds. The van der Waals surface area contributed by atoms with Gasteiger partial charge in [-0.05, 0) is 31.4 Å². The number of rotatable bonds is 5. The third kappa shape index (κ3) is 3.56. The van der Waals surface area contributed by atoms with Crippen molar-refractivity contribution in [3.05, 3.63) is 11.0 Å². The molecule has 3 N–H and O–H groups in total. The minimum absolute atomic E-state index is 0.179. The largest absolute Gasteiger partial charge is 0.381 e. The second-order valence-electron chi connectivity index (χ2n) is 4.76. The molecule has 5 nitrogen and oxygen atoms in total. The molecule has 1 aliphatic carbocycles. The molecule has 1 heterocycles.